The van der Waals surface area contributed by atoms with E-state index < -0.39 is 22.7 Å². The third-order valence-electron chi connectivity index (χ3n) is 7.88. The minimum atomic E-state index is -0.539. The first-order valence-electron chi connectivity index (χ1n) is 13.5. The van der Waals surface area contributed by atoms with Crippen LogP contribution in [0.15, 0.2) is 30.5 Å². The second-order valence-electron chi connectivity index (χ2n) is 11.9. The highest BCUT2D eigenvalue weighted by atomic mass is 35.5. The number of anilines is 3. The van der Waals surface area contributed by atoms with Crippen molar-refractivity contribution in [3.63, 3.8) is 0 Å². The molecule has 0 radical (unpaired) electrons. The second kappa shape index (κ2) is 10.2. The summed E-state index contributed by atoms with van der Waals surface area (Å²) in [5.74, 6) is 0.252. The smallest absolute Gasteiger partial charge is 0.339 e. The normalized spacial score (nSPS) is 17.4. The van der Waals surface area contributed by atoms with Crippen molar-refractivity contribution in [2.75, 3.05) is 43.1 Å². The first kappa shape index (κ1) is 28.7. The van der Waals surface area contributed by atoms with E-state index in [0.717, 1.165) is 11.4 Å². The molecule has 0 spiro atoms. The lowest BCUT2D eigenvalue weighted by Crippen LogP contribution is -2.61. The van der Waals surface area contributed by atoms with E-state index in [4.69, 9.17) is 21.3 Å². The number of benzene rings is 1. The third-order valence-corrected chi connectivity index (χ3v) is 8.19. The number of hydrogen-bond donors (Lipinski definition) is 0. The number of aromatic nitrogens is 3. The lowest BCUT2D eigenvalue weighted by Gasteiger charge is -2.47. The van der Waals surface area contributed by atoms with Crippen LogP contribution in [0.1, 0.15) is 65.5 Å². The predicted octanol–water partition coefficient (Wildman–Crippen LogP) is 5.24. The summed E-state index contributed by atoms with van der Waals surface area (Å²) >= 11 is 5.89. The predicted molar refractivity (Wildman–Crippen MR) is 156 cm³/mol. The van der Waals surface area contributed by atoms with Crippen LogP contribution in [0.2, 0.25) is 5.02 Å². The Bertz CT molecular complexity index is 1540. The number of nitrogens with zero attached hydrogens (tertiary/aromatic N) is 6. The molecule has 0 atom stereocenters. The van der Waals surface area contributed by atoms with Crippen LogP contribution in [-0.2, 0) is 10.2 Å². The summed E-state index contributed by atoms with van der Waals surface area (Å²) < 4.78 is 19.1. The van der Waals surface area contributed by atoms with Crippen molar-refractivity contribution >= 4 is 40.8 Å². The Morgan fingerprint density at radius 1 is 1.05 bits per heavy atom. The molecule has 4 heterocycles. The number of halogens is 2. The minimum absolute atomic E-state index is 0.0569. The Labute approximate surface area is 244 Å². The van der Waals surface area contributed by atoms with Gasteiger partial charge in [0, 0.05) is 37.3 Å². The average molecular weight is 581 g/mol. The molecule has 9 nitrogen and oxygen atoms in total. The lowest BCUT2D eigenvalue weighted by atomic mass is 9.92. The van der Waals surface area contributed by atoms with Crippen LogP contribution in [0, 0.1) is 19.7 Å². The molecule has 5 rings (SSSR count). The van der Waals surface area contributed by atoms with Crippen LogP contribution in [0.3, 0.4) is 0 Å². The molecule has 0 unspecified atom stereocenters. The number of carbonyl (C=O) groups excluding carboxylic acids is 2. The molecule has 216 valence electrons. The van der Waals surface area contributed by atoms with Crippen molar-refractivity contribution in [1.82, 2.24) is 19.9 Å². The van der Waals surface area contributed by atoms with Gasteiger partial charge in [-0.25, -0.2) is 24.1 Å². The average Bonchev–Trinajstić information content (AvgIpc) is 3.18. The van der Waals surface area contributed by atoms with Gasteiger partial charge in [-0.05, 0) is 57.5 Å². The highest BCUT2D eigenvalue weighted by Crippen LogP contribution is 2.42. The minimum Gasteiger partial charge on any atom is -0.465 e. The lowest BCUT2D eigenvalue weighted by molar-refractivity contribution is 0.0505. The molecule has 0 N–H and O–H groups in total. The number of esters is 1. The van der Waals surface area contributed by atoms with E-state index in [0.29, 0.717) is 54.6 Å². The van der Waals surface area contributed by atoms with Gasteiger partial charge in [-0.1, -0.05) is 25.4 Å². The fourth-order valence-corrected chi connectivity index (χ4v) is 5.92. The maximum Gasteiger partial charge on any atom is 0.339 e. The highest BCUT2D eigenvalue weighted by molar-refractivity contribution is 6.30. The molecule has 2 aliphatic rings. The number of methoxy groups -OCH3 is 1. The van der Waals surface area contributed by atoms with E-state index in [9.17, 15) is 14.0 Å². The number of amides is 1. The van der Waals surface area contributed by atoms with Crippen LogP contribution in [-0.4, -0.2) is 70.6 Å². The first-order valence-corrected chi connectivity index (χ1v) is 13.8. The molecule has 1 amide bonds. The van der Waals surface area contributed by atoms with Crippen LogP contribution in [0.5, 0.6) is 0 Å². The SMILES string of the molecule is COC(=O)c1c(C)cc(N2CCN(C(=O)c3cnc4c(n3)C(C)(C)CN4c3ccc(Cl)c(F)c3)C(C)(C)C2)nc1C. The zero-order valence-electron chi connectivity index (χ0n) is 24.4. The topological polar surface area (TPSA) is 91.8 Å². The van der Waals surface area contributed by atoms with E-state index in [1.54, 1.807) is 13.0 Å². The molecule has 1 aromatic carbocycles. The van der Waals surface area contributed by atoms with E-state index in [-0.39, 0.29) is 16.6 Å². The van der Waals surface area contributed by atoms with Crippen LogP contribution in [0.25, 0.3) is 0 Å². The molecule has 0 bridgehead atoms. The van der Waals surface area contributed by atoms with Gasteiger partial charge in [0.2, 0.25) is 0 Å². The zero-order valence-corrected chi connectivity index (χ0v) is 25.1. The number of pyridine rings is 1. The van der Waals surface area contributed by atoms with Gasteiger partial charge in [-0.2, -0.15) is 0 Å². The Hall–Kier alpha value is -3.79. The van der Waals surface area contributed by atoms with E-state index in [1.165, 1.54) is 25.4 Å². The van der Waals surface area contributed by atoms with Crippen molar-refractivity contribution in [3.05, 3.63) is 69.5 Å². The van der Waals surface area contributed by atoms with Gasteiger partial charge in [0.1, 0.15) is 17.3 Å². The van der Waals surface area contributed by atoms with E-state index >= 15 is 0 Å². The molecule has 0 aliphatic carbocycles. The summed E-state index contributed by atoms with van der Waals surface area (Å²) in [6, 6.07) is 6.55. The Balaban J connectivity index is 1.39. The number of carbonyl (C=O) groups is 2. The van der Waals surface area contributed by atoms with Crippen molar-refractivity contribution in [3.8, 4) is 0 Å². The summed E-state index contributed by atoms with van der Waals surface area (Å²) in [6.45, 7) is 13.9. The van der Waals surface area contributed by atoms with Gasteiger partial charge < -0.3 is 19.4 Å². The highest BCUT2D eigenvalue weighted by Gasteiger charge is 2.42. The second-order valence-corrected chi connectivity index (χ2v) is 12.3. The summed E-state index contributed by atoms with van der Waals surface area (Å²) in [4.78, 5) is 46.0. The summed E-state index contributed by atoms with van der Waals surface area (Å²) in [6.07, 6.45) is 1.50. The van der Waals surface area contributed by atoms with Gasteiger partial charge in [0.15, 0.2) is 5.82 Å². The molecule has 11 heteroatoms. The summed E-state index contributed by atoms with van der Waals surface area (Å²) in [5.41, 5.74) is 2.51. The number of aryl methyl sites for hydroxylation is 2. The molecular weight excluding hydrogens is 547 g/mol. The Morgan fingerprint density at radius 2 is 1.78 bits per heavy atom. The molecule has 0 saturated carbocycles. The molecule has 3 aromatic rings. The van der Waals surface area contributed by atoms with E-state index in [1.807, 2.05) is 50.5 Å². The monoisotopic (exact) mass is 580 g/mol. The van der Waals surface area contributed by atoms with Crippen molar-refractivity contribution < 1.29 is 18.7 Å². The van der Waals surface area contributed by atoms with Gasteiger partial charge >= 0.3 is 5.97 Å². The Kier molecular flexibility index (Phi) is 7.18. The quantitative estimate of drug-likeness (QED) is 0.387. The number of rotatable bonds is 4. The number of hydrogen-bond acceptors (Lipinski definition) is 8. The molecule has 1 saturated heterocycles. The van der Waals surface area contributed by atoms with Crippen LogP contribution >= 0.6 is 11.6 Å². The van der Waals surface area contributed by atoms with E-state index in [2.05, 4.69) is 14.9 Å². The van der Waals surface area contributed by atoms with Gasteiger partial charge in [-0.3, -0.25) is 4.79 Å². The van der Waals surface area contributed by atoms with Gasteiger partial charge in [0.05, 0.1) is 40.8 Å². The zero-order chi connectivity index (χ0) is 29.9. The molecule has 41 heavy (non-hydrogen) atoms. The standard InChI is InChI=1S/C30H34ClFN6O3/c1-17-12-23(34-18(2)24(17)28(40)41-7)36-10-11-38(30(5,6)16-36)27(39)22-14-33-26-25(35-22)29(3,4)15-37(26)19-8-9-20(31)21(32)13-19/h8-9,12-14H,10-11,15-16H2,1-7H3. The van der Waals surface area contributed by atoms with Crippen molar-refractivity contribution in [1.29, 1.82) is 0 Å². The molecular formula is C30H34ClFN6O3. The molecule has 1 fully saturated rings. The summed E-state index contributed by atoms with van der Waals surface area (Å²) in [5, 5.41) is 0.0569. The largest absolute Gasteiger partial charge is 0.465 e. The van der Waals surface area contributed by atoms with Crippen molar-refractivity contribution in [2.45, 2.75) is 52.5 Å². The fourth-order valence-electron chi connectivity index (χ4n) is 5.80. The first-order chi connectivity index (χ1) is 19.2. The molecule has 2 aliphatic heterocycles. The third kappa shape index (κ3) is 5.09. The van der Waals surface area contributed by atoms with Crippen LogP contribution < -0.4 is 9.80 Å². The maximum absolute atomic E-state index is 14.2. The number of ether oxygens (including phenoxy) is 1. The fraction of sp³-hybridized carbons (Fsp3) is 0.433. The summed E-state index contributed by atoms with van der Waals surface area (Å²) in [7, 11) is 1.36. The van der Waals surface area contributed by atoms with Gasteiger partial charge in [-0.15, -0.1) is 0 Å². The van der Waals surface area contributed by atoms with Crippen LogP contribution in [0.4, 0.5) is 21.7 Å². The molecule has 2 aromatic heterocycles. The van der Waals surface area contributed by atoms with Gasteiger partial charge in [0.25, 0.3) is 5.91 Å². The number of piperazine rings is 1. The van der Waals surface area contributed by atoms with Crippen molar-refractivity contribution in [2.24, 2.45) is 0 Å². The number of fused-ring (bicyclic) bond motifs is 1. The Morgan fingerprint density at radius 3 is 2.41 bits per heavy atom. The maximum atomic E-state index is 14.2.